The van der Waals surface area contributed by atoms with E-state index in [9.17, 15) is 4.79 Å². The third kappa shape index (κ3) is 4.28. The maximum Gasteiger partial charge on any atom is 0.335 e. The number of carboxylic acid groups (broad SMARTS) is 1. The van der Waals surface area contributed by atoms with E-state index in [2.05, 4.69) is 0 Å². The van der Waals surface area contributed by atoms with Gasteiger partial charge in [-0.15, -0.1) is 0 Å². The second-order valence-electron chi connectivity index (χ2n) is 3.46. The minimum atomic E-state index is -0.936. The van der Waals surface area contributed by atoms with Crippen molar-refractivity contribution < 1.29 is 19.7 Å². The third-order valence-corrected chi connectivity index (χ3v) is 3.32. The smallest absolute Gasteiger partial charge is 0.335 e. The van der Waals surface area contributed by atoms with Crippen LogP contribution in [0.1, 0.15) is 22.3 Å². The summed E-state index contributed by atoms with van der Waals surface area (Å²) in [6, 6.07) is 4.83. The minimum Gasteiger partial charge on any atom is -0.496 e. The number of ether oxygens (including phenoxy) is 1. The van der Waals surface area contributed by atoms with E-state index in [-0.39, 0.29) is 12.2 Å². The Morgan fingerprint density at radius 3 is 2.82 bits per heavy atom. The number of carbonyl (C=O) groups is 1. The molecule has 94 valence electrons. The van der Waals surface area contributed by atoms with Crippen molar-refractivity contribution in [1.82, 2.24) is 0 Å². The molecule has 1 aromatic carbocycles. The highest BCUT2D eigenvalue weighted by Gasteiger charge is 2.08. The highest BCUT2D eigenvalue weighted by molar-refractivity contribution is 7.98. The number of carboxylic acids is 1. The van der Waals surface area contributed by atoms with E-state index in [0.29, 0.717) is 11.5 Å². The molecule has 0 aromatic heterocycles. The van der Waals surface area contributed by atoms with E-state index in [4.69, 9.17) is 14.9 Å². The number of thioether (sulfide) groups is 1. The summed E-state index contributed by atoms with van der Waals surface area (Å²) in [5.74, 6) is 1.29. The lowest BCUT2D eigenvalue weighted by atomic mass is 10.1. The zero-order valence-corrected chi connectivity index (χ0v) is 10.5. The van der Waals surface area contributed by atoms with Gasteiger partial charge in [0.1, 0.15) is 5.75 Å². The van der Waals surface area contributed by atoms with Crippen LogP contribution < -0.4 is 4.74 Å². The molecule has 0 aliphatic rings. The molecule has 0 radical (unpaired) electrons. The molecule has 4 nitrogen and oxygen atoms in total. The van der Waals surface area contributed by atoms with Crippen molar-refractivity contribution in [2.45, 2.75) is 12.2 Å². The van der Waals surface area contributed by atoms with Crippen molar-refractivity contribution in [1.29, 1.82) is 0 Å². The van der Waals surface area contributed by atoms with Crippen LogP contribution in [0.25, 0.3) is 0 Å². The molecule has 0 atom stereocenters. The van der Waals surface area contributed by atoms with E-state index in [0.717, 1.165) is 17.7 Å². The fraction of sp³-hybridized carbons (Fsp3) is 0.417. The Morgan fingerprint density at radius 1 is 1.47 bits per heavy atom. The predicted molar refractivity (Wildman–Crippen MR) is 67.8 cm³/mol. The lowest BCUT2D eigenvalue weighted by Crippen LogP contribution is -1.99. The van der Waals surface area contributed by atoms with Crippen molar-refractivity contribution in [3.8, 4) is 5.75 Å². The van der Waals surface area contributed by atoms with Gasteiger partial charge in [-0.1, -0.05) is 0 Å². The summed E-state index contributed by atoms with van der Waals surface area (Å²) in [6.07, 6.45) is 0.742. The van der Waals surface area contributed by atoms with Gasteiger partial charge in [0.05, 0.1) is 12.7 Å². The summed E-state index contributed by atoms with van der Waals surface area (Å²) in [5, 5.41) is 17.6. The molecule has 0 saturated carbocycles. The third-order valence-electron chi connectivity index (χ3n) is 2.23. The molecule has 0 spiro atoms. The quantitative estimate of drug-likeness (QED) is 0.730. The van der Waals surface area contributed by atoms with E-state index >= 15 is 0 Å². The highest BCUT2D eigenvalue weighted by Crippen LogP contribution is 2.24. The monoisotopic (exact) mass is 256 g/mol. The average Bonchev–Trinajstić information content (AvgIpc) is 2.34. The Kier molecular flexibility index (Phi) is 5.86. The largest absolute Gasteiger partial charge is 0.496 e. The second kappa shape index (κ2) is 7.19. The van der Waals surface area contributed by atoms with Crippen LogP contribution in [0.5, 0.6) is 5.75 Å². The Morgan fingerprint density at radius 2 is 2.24 bits per heavy atom. The molecule has 0 aliphatic heterocycles. The van der Waals surface area contributed by atoms with Crippen molar-refractivity contribution in [2.75, 3.05) is 19.5 Å². The maximum atomic E-state index is 10.8. The lowest BCUT2D eigenvalue weighted by molar-refractivity contribution is 0.0696. The van der Waals surface area contributed by atoms with E-state index in [1.807, 2.05) is 0 Å². The van der Waals surface area contributed by atoms with Gasteiger partial charge in [-0.05, 0) is 30.4 Å². The minimum absolute atomic E-state index is 0.180. The number of methoxy groups -OCH3 is 1. The van der Waals surface area contributed by atoms with Crippen molar-refractivity contribution in [2.24, 2.45) is 0 Å². The lowest BCUT2D eigenvalue weighted by Gasteiger charge is -2.09. The molecule has 0 bridgehead atoms. The SMILES string of the molecule is COc1ccc(C(=O)O)cc1CSCCCO. The molecule has 0 amide bonds. The van der Waals surface area contributed by atoms with Gasteiger partial charge in [0.25, 0.3) is 0 Å². The van der Waals surface area contributed by atoms with Gasteiger partial charge in [0, 0.05) is 17.9 Å². The first kappa shape index (κ1) is 13.9. The van der Waals surface area contributed by atoms with E-state index in [1.165, 1.54) is 6.07 Å². The molecular formula is C12H16O4S. The average molecular weight is 256 g/mol. The van der Waals surface area contributed by atoms with E-state index in [1.54, 1.807) is 31.0 Å². The summed E-state index contributed by atoms with van der Waals surface area (Å²) >= 11 is 1.65. The van der Waals surface area contributed by atoms with Gasteiger partial charge in [0.15, 0.2) is 0 Å². The molecule has 0 heterocycles. The van der Waals surface area contributed by atoms with Crippen LogP contribution in [0.4, 0.5) is 0 Å². The number of aliphatic hydroxyl groups excluding tert-OH is 1. The Bertz CT molecular complexity index is 379. The molecular weight excluding hydrogens is 240 g/mol. The summed E-state index contributed by atoms with van der Waals surface area (Å²) in [7, 11) is 1.57. The molecule has 0 aliphatic carbocycles. The fourth-order valence-corrected chi connectivity index (χ4v) is 2.30. The number of rotatable bonds is 7. The van der Waals surface area contributed by atoms with Gasteiger partial charge in [-0.2, -0.15) is 11.8 Å². The van der Waals surface area contributed by atoms with Gasteiger partial charge < -0.3 is 14.9 Å². The normalized spacial score (nSPS) is 10.2. The van der Waals surface area contributed by atoms with Crippen LogP contribution >= 0.6 is 11.8 Å². The molecule has 0 saturated heterocycles. The van der Waals surface area contributed by atoms with Gasteiger partial charge in [-0.3, -0.25) is 0 Å². The summed E-state index contributed by atoms with van der Waals surface area (Å²) in [5.41, 5.74) is 1.14. The first-order chi connectivity index (χ1) is 8.19. The van der Waals surface area contributed by atoms with Crippen LogP contribution in [-0.2, 0) is 5.75 Å². The van der Waals surface area contributed by atoms with Crippen molar-refractivity contribution in [3.63, 3.8) is 0 Å². The number of aliphatic hydroxyl groups is 1. The maximum absolute atomic E-state index is 10.8. The summed E-state index contributed by atoms with van der Waals surface area (Å²) < 4.78 is 5.18. The first-order valence-electron chi connectivity index (χ1n) is 5.28. The first-order valence-corrected chi connectivity index (χ1v) is 6.43. The zero-order valence-electron chi connectivity index (χ0n) is 9.68. The molecule has 0 unspecified atom stereocenters. The zero-order chi connectivity index (χ0) is 12.7. The van der Waals surface area contributed by atoms with Gasteiger partial charge in [-0.25, -0.2) is 4.79 Å². The topological polar surface area (TPSA) is 66.8 Å². The number of aromatic carboxylic acids is 1. The van der Waals surface area contributed by atoms with Crippen LogP contribution in [0.2, 0.25) is 0 Å². The molecule has 1 aromatic rings. The Labute approximate surface area is 105 Å². The predicted octanol–water partition coefficient (Wildman–Crippen LogP) is 2.01. The van der Waals surface area contributed by atoms with Gasteiger partial charge in [0.2, 0.25) is 0 Å². The number of hydrogen-bond acceptors (Lipinski definition) is 4. The van der Waals surface area contributed by atoms with E-state index < -0.39 is 5.97 Å². The summed E-state index contributed by atoms with van der Waals surface area (Å²) in [4.78, 5) is 10.8. The van der Waals surface area contributed by atoms with Crippen LogP contribution in [-0.4, -0.2) is 35.7 Å². The fourth-order valence-electron chi connectivity index (χ4n) is 1.37. The molecule has 17 heavy (non-hydrogen) atoms. The van der Waals surface area contributed by atoms with Crippen LogP contribution in [0.15, 0.2) is 18.2 Å². The number of benzene rings is 1. The van der Waals surface area contributed by atoms with Crippen LogP contribution in [0.3, 0.4) is 0 Å². The standard InChI is InChI=1S/C12H16O4S/c1-16-11-4-3-9(12(14)15)7-10(11)8-17-6-2-5-13/h3-4,7,13H,2,5-6,8H2,1H3,(H,14,15). The highest BCUT2D eigenvalue weighted by atomic mass is 32.2. The van der Waals surface area contributed by atoms with Gasteiger partial charge >= 0.3 is 5.97 Å². The van der Waals surface area contributed by atoms with Crippen LogP contribution in [0, 0.1) is 0 Å². The molecule has 5 heteroatoms. The number of hydrogen-bond donors (Lipinski definition) is 2. The van der Waals surface area contributed by atoms with Crippen molar-refractivity contribution in [3.05, 3.63) is 29.3 Å². The Hall–Kier alpha value is -1.20. The molecule has 1 rings (SSSR count). The summed E-state index contributed by atoms with van der Waals surface area (Å²) in [6.45, 7) is 0.180. The second-order valence-corrected chi connectivity index (χ2v) is 4.57. The van der Waals surface area contributed by atoms with Crippen molar-refractivity contribution >= 4 is 17.7 Å². The molecule has 2 N–H and O–H groups in total. The Balaban J connectivity index is 2.72. The molecule has 0 fully saturated rings.